The third-order valence-electron chi connectivity index (χ3n) is 3.46. The first-order valence-corrected chi connectivity index (χ1v) is 6.97. The molecule has 0 N–H and O–H groups in total. The van der Waals surface area contributed by atoms with Crippen molar-refractivity contribution in [1.82, 2.24) is 0 Å². The van der Waals surface area contributed by atoms with E-state index in [0.29, 0.717) is 0 Å². The van der Waals surface area contributed by atoms with Gasteiger partial charge in [-0.15, -0.1) is 0 Å². The number of hydrogen-bond acceptors (Lipinski definition) is 2. The second kappa shape index (κ2) is 6.14. The fraction of sp³-hybridized carbons (Fsp3) is 0. The summed E-state index contributed by atoms with van der Waals surface area (Å²) in [5, 5.41) is 10.6. The lowest BCUT2D eigenvalue weighted by molar-refractivity contribution is -0.384. The van der Waals surface area contributed by atoms with Crippen LogP contribution in [0.25, 0.3) is 11.6 Å². The first-order valence-electron chi connectivity index (χ1n) is 6.97. The van der Waals surface area contributed by atoms with Crippen LogP contribution < -0.4 is 0 Å². The van der Waals surface area contributed by atoms with Gasteiger partial charge in [0, 0.05) is 54.0 Å². The Hall–Kier alpha value is -3.07. The van der Waals surface area contributed by atoms with Gasteiger partial charge < -0.3 is 0 Å². The van der Waals surface area contributed by atoms with E-state index in [2.05, 4.69) is 24.3 Å². The Balaban J connectivity index is 1.75. The molecule has 0 bridgehead atoms. The Morgan fingerprint density at radius 2 is 1.68 bits per heavy atom. The predicted molar refractivity (Wildman–Crippen MR) is 88.9 cm³/mol. The van der Waals surface area contributed by atoms with Gasteiger partial charge in [0.2, 0.25) is 0 Å². The molecule has 2 aromatic carbocycles. The maximum Gasteiger partial charge on any atom is 0.269 e. The molecule has 0 aromatic heterocycles. The van der Waals surface area contributed by atoms with Crippen LogP contribution in [0.15, 0.2) is 78.4 Å². The van der Waals surface area contributed by atoms with E-state index in [1.807, 2.05) is 36.8 Å². The Morgan fingerprint density at radius 1 is 0.955 bits per heavy atom. The van der Waals surface area contributed by atoms with Crippen molar-refractivity contribution in [3.8, 4) is 0 Å². The minimum atomic E-state index is -0.390. The van der Waals surface area contributed by atoms with Gasteiger partial charge in [0.15, 0.2) is 0 Å². The van der Waals surface area contributed by atoms with Crippen LogP contribution >= 0.6 is 0 Å². The SMILES string of the molecule is O=[N+]([O-])c1ccc(C=C2C=CC(c3ccccc3)=C[CH+]2)cc1. The van der Waals surface area contributed by atoms with Crippen molar-refractivity contribution in [2.75, 3.05) is 0 Å². The van der Waals surface area contributed by atoms with Crippen molar-refractivity contribution in [3.63, 3.8) is 0 Å². The van der Waals surface area contributed by atoms with Crippen LogP contribution in [0.2, 0.25) is 0 Å². The molecular formula is C19H14NO2+. The van der Waals surface area contributed by atoms with Crippen molar-refractivity contribution in [2.24, 2.45) is 0 Å². The van der Waals surface area contributed by atoms with E-state index >= 15 is 0 Å². The van der Waals surface area contributed by atoms with Gasteiger partial charge in [-0.2, -0.15) is 0 Å². The average Bonchev–Trinajstić information content (AvgIpc) is 2.57. The number of nitro groups is 1. The molecule has 106 valence electrons. The quantitative estimate of drug-likeness (QED) is 0.461. The average molecular weight is 288 g/mol. The molecule has 1 aliphatic carbocycles. The molecule has 0 unspecified atom stereocenters. The summed E-state index contributed by atoms with van der Waals surface area (Å²) in [5.74, 6) is 0. The number of nitro benzene ring substituents is 1. The van der Waals surface area contributed by atoms with Gasteiger partial charge in [-0.1, -0.05) is 18.2 Å². The van der Waals surface area contributed by atoms with E-state index in [1.54, 1.807) is 12.1 Å². The number of rotatable bonds is 3. The lowest BCUT2D eigenvalue weighted by Crippen LogP contribution is -1.90. The Bertz CT molecular complexity index is 769. The zero-order chi connectivity index (χ0) is 15.4. The highest BCUT2D eigenvalue weighted by Gasteiger charge is 2.11. The highest BCUT2D eigenvalue weighted by Crippen LogP contribution is 2.24. The first-order chi connectivity index (χ1) is 10.7. The molecule has 1 aliphatic rings. The zero-order valence-corrected chi connectivity index (χ0v) is 11.8. The van der Waals surface area contributed by atoms with Gasteiger partial charge >= 0.3 is 0 Å². The zero-order valence-electron chi connectivity index (χ0n) is 11.8. The van der Waals surface area contributed by atoms with Crippen molar-refractivity contribution in [3.05, 3.63) is 106 Å². The van der Waals surface area contributed by atoms with Crippen LogP contribution in [0, 0.1) is 16.5 Å². The minimum Gasteiger partial charge on any atom is -0.258 e. The summed E-state index contributed by atoms with van der Waals surface area (Å²) in [6, 6.07) is 16.7. The van der Waals surface area contributed by atoms with Crippen molar-refractivity contribution >= 4 is 17.3 Å². The third-order valence-corrected chi connectivity index (χ3v) is 3.46. The molecule has 0 saturated carbocycles. The molecule has 0 saturated heterocycles. The second-order valence-electron chi connectivity index (χ2n) is 4.98. The Labute approximate surface area is 129 Å². The van der Waals surface area contributed by atoms with Gasteiger partial charge in [0.1, 0.15) is 0 Å². The second-order valence-corrected chi connectivity index (χ2v) is 4.98. The molecule has 0 heterocycles. The molecule has 0 spiro atoms. The summed E-state index contributed by atoms with van der Waals surface area (Å²) in [7, 11) is 0. The summed E-state index contributed by atoms with van der Waals surface area (Å²) in [5.41, 5.74) is 4.47. The summed E-state index contributed by atoms with van der Waals surface area (Å²) in [4.78, 5) is 10.2. The van der Waals surface area contributed by atoms with Crippen LogP contribution in [0.4, 0.5) is 5.69 Å². The molecular weight excluding hydrogens is 274 g/mol. The number of non-ortho nitro benzene ring substituents is 1. The van der Waals surface area contributed by atoms with Crippen LogP contribution in [-0.4, -0.2) is 4.92 Å². The van der Waals surface area contributed by atoms with Gasteiger partial charge in [0.25, 0.3) is 5.69 Å². The maximum atomic E-state index is 10.6. The summed E-state index contributed by atoms with van der Waals surface area (Å²) in [6.07, 6.45) is 10.2. The standard InChI is InChI=1S/C19H14NO2/c21-20(22)19-12-8-16(9-13-19)14-15-6-10-18(11-7-15)17-4-2-1-3-5-17/h1-14H/q+1. The van der Waals surface area contributed by atoms with E-state index in [4.69, 9.17) is 0 Å². The van der Waals surface area contributed by atoms with Crippen molar-refractivity contribution in [1.29, 1.82) is 0 Å². The van der Waals surface area contributed by atoms with Crippen LogP contribution in [0.3, 0.4) is 0 Å². The van der Waals surface area contributed by atoms with Gasteiger partial charge in [0.05, 0.1) is 16.1 Å². The smallest absolute Gasteiger partial charge is 0.258 e. The molecule has 3 heteroatoms. The highest BCUT2D eigenvalue weighted by molar-refractivity contribution is 5.80. The van der Waals surface area contributed by atoms with E-state index in [1.165, 1.54) is 23.3 Å². The Morgan fingerprint density at radius 3 is 2.27 bits per heavy atom. The van der Waals surface area contributed by atoms with Crippen LogP contribution in [-0.2, 0) is 0 Å². The monoisotopic (exact) mass is 288 g/mol. The summed E-state index contributed by atoms with van der Waals surface area (Å²) >= 11 is 0. The predicted octanol–water partition coefficient (Wildman–Crippen LogP) is 4.84. The number of hydrogen-bond donors (Lipinski definition) is 0. The molecule has 3 nitrogen and oxygen atoms in total. The van der Waals surface area contributed by atoms with E-state index in [0.717, 1.165) is 11.1 Å². The van der Waals surface area contributed by atoms with Gasteiger partial charge in [-0.25, -0.2) is 0 Å². The minimum absolute atomic E-state index is 0.108. The fourth-order valence-electron chi connectivity index (χ4n) is 2.29. The number of benzene rings is 2. The third kappa shape index (κ3) is 3.15. The normalized spacial score (nSPS) is 15.3. The Kier molecular flexibility index (Phi) is 3.88. The molecule has 0 atom stereocenters. The first kappa shape index (κ1) is 13.9. The molecule has 3 rings (SSSR count). The largest absolute Gasteiger partial charge is 0.269 e. The molecule has 0 fully saturated rings. The molecule has 0 radical (unpaired) electrons. The number of allylic oxidation sites excluding steroid dienone is 5. The van der Waals surface area contributed by atoms with E-state index < -0.39 is 4.92 Å². The molecule has 0 amide bonds. The molecule has 22 heavy (non-hydrogen) atoms. The molecule has 2 aromatic rings. The van der Waals surface area contributed by atoms with Gasteiger partial charge in [-0.3, -0.25) is 10.1 Å². The van der Waals surface area contributed by atoms with Gasteiger partial charge in [-0.05, 0) is 24.3 Å². The topological polar surface area (TPSA) is 43.1 Å². The van der Waals surface area contributed by atoms with Crippen molar-refractivity contribution < 1.29 is 4.92 Å². The number of nitrogens with zero attached hydrogens (tertiary/aromatic N) is 1. The summed E-state index contributed by atoms with van der Waals surface area (Å²) in [6.45, 7) is 0. The van der Waals surface area contributed by atoms with E-state index in [9.17, 15) is 10.1 Å². The van der Waals surface area contributed by atoms with Crippen molar-refractivity contribution in [2.45, 2.75) is 0 Å². The van der Waals surface area contributed by atoms with Crippen LogP contribution in [0.1, 0.15) is 11.1 Å². The lowest BCUT2D eigenvalue weighted by atomic mass is 9.96. The van der Waals surface area contributed by atoms with E-state index in [-0.39, 0.29) is 5.69 Å². The maximum absolute atomic E-state index is 10.6. The fourth-order valence-corrected chi connectivity index (χ4v) is 2.29. The van der Waals surface area contributed by atoms with Crippen LogP contribution in [0.5, 0.6) is 0 Å². The summed E-state index contributed by atoms with van der Waals surface area (Å²) < 4.78 is 0. The molecule has 0 aliphatic heterocycles. The lowest BCUT2D eigenvalue weighted by Gasteiger charge is -2.02. The highest BCUT2D eigenvalue weighted by atomic mass is 16.6.